The predicted molar refractivity (Wildman–Crippen MR) is 106 cm³/mol. The van der Waals surface area contributed by atoms with E-state index in [9.17, 15) is 14.4 Å². The lowest BCUT2D eigenvalue weighted by molar-refractivity contribution is 0.0594. The number of benzene rings is 1. The summed E-state index contributed by atoms with van der Waals surface area (Å²) in [7, 11) is 1.29. The van der Waals surface area contributed by atoms with Gasteiger partial charge in [0.25, 0.3) is 0 Å². The van der Waals surface area contributed by atoms with Crippen LogP contribution in [0.4, 0.5) is 0 Å². The maximum Gasteiger partial charge on any atom is 0.356 e. The number of rotatable bonds is 2. The van der Waals surface area contributed by atoms with Crippen molar-refractivity contribution in [2.45, 2.75) is 0 Å². The smallest absolute Gasteiger partial charge is 0.356 e. The van der Waals surface area contributed by atoms with Crippen molar-refractivity contribution >= 4 is 39.3 Å². The van der Waals surface area contributed by atoms with Crippen molar-refractivity contribution in [3.8, 4) is 11.4 Å². The van der Waals surface area contributed by atoms with Crippen LogP contribution >= 0.6 is 0 Å². The zero-order valence-electron chi connectivity index (χ0n) is 15.2. The topological polar surface area (TPSA) is 102 Å². The fraction of sp³-hybridized carbons (Fsp3) is 0.0455. The largest absolute Gasteiger partial charge is 0.464 e. The third kappa shape index (κ3) is 2.55. The molecule has 4 aromatic rings. The van der Waals surface area contributed by atoms with Crippen molar-refractivity contribution in [3.63, 3.8) is 0 Å². The Hall–Kier alpha value is -4.13. The van der Waals surface area contributed by atoms with Gasteiger partial charge >= 0.3 is 5.97 Å². The Kier molecular flexibility index (Phi) is 3.64. The molecule has 0 fully saturated rings. The van der Waals surface area contributed by atoms with Gasteiger partial charge in [-0.2, -0.15) is 0 Å². The number of ketones is 2. The highest BCUT2D eigenvalue weighted by Gasteiger charge is 2.23. The van der Waals surface area contributed by atoms with Gasteiger partial charge in [-0.3, -0.25) is 9.59 Å². The van der Waals surface area contributed by atoms with Crippen molar-refractivity contribution in [1.82, 2.24) is 15.0 Å². The summed E-state index contributed by atoms with van der Waals surface area (Å²) in [4.78, 5) is 48.6. The van der Waals surface area contributed by atoms with Crippen LogP contribution in [-0.4, -0.2) is 39.6 Å². The summed E-state index contributed by atoms with van der Waals surface area (Å²) in [6.07, 6.45) is 2.44. The van der Waals surface area contributed by atoms with Crippen molar-refractivity contribution in [2.75, 3.05) is 7.11 Å². The third-order valence-electron chi connectivity index (χ3n) is 4.91. The Bertz CT molecular complexity index is 1400. The number of fused-ring (bicyclic) bond motifs is 4. The van der Waals surface area contributed by atoms with E-state index >= 15 is 0 Å². The number of hydrogen-bond donors (Lipinski definition) is 1. The van der Waals surface area contributed by atoms with E-state index in [-0.39, 0.29) is 28.5 Å². The SMILES string of the molecule is COC(=O)c1cc2c([nH]c3ccccc32)c(-c2ccc3c(n2)C(=O)C=CC3=O)n1. The molecule has 0 saturated carbocycles. The van der Waals surface area contributed by atoms with Crippen LogP contribution in [0, 0.1) is 0 Å². The molecule has 0 amide bonds. The molecule has 3 heterocycles. The average molecular weight is 383 g/mol. The van der Waals surface area contributed by atoms with Gasteiger partial charge in [0.2, 0.25) is 5.78 Å². The van der Waals surface area contributed by atoms with Crippen molar-refractivity contribution in [3.05, 3.63) is 71.6 Å². The molecule has 1 aliphatic rings. The lowest BCUT2D eigenvalue weighted by Crippen LogP contribution is -2.14. The van der Waals surface area contributed by atoms with E-state index in [2.05, 4.69) is 15.0 Å². The van der Waals surface area contributed by atoms with Crippen LogP contribution in [0.5, 0.6) is 0 Å². The van der Waals surface area contributed by atoms with Crippen molar-refractivity contribution in [1.29, 1.82) is 0 Å². The number of H-pyrrole nitrogens is 1. The Labute approximate surface area is 164 Å². The van der Waals surface area contributed by atoms with Gasteiger partial charge in [-0.25, -0.2) is 14.8 Å². The standard InChI is InChI=1S/C22H13N3O4/c1-29-22(28)16-10-13-11-4-2-3-5-14(11)23-20(13)21(25-16)15-7-6-12-17(26)8-9-18(27)19(12)24-15/h2-10,23H,1H3. The first-order chi connectivity index (χ1) is 14.1. The summed E-state index contributed by atoms with van der Waals surface area (Å²) in [5.41, 5.74) is 2.78. The minimum Gasteiger partial charge on any atom is -0.464 e. The minimum atomic E-state index is -0.578. The van der Waals surface area contributed by atoms with Crippen LogP contribution in [0.2, 0.25) is 0 Å². The molecule has 0 aliphatic heterocycles. The number of ether oxygens (including phenoxy) is 1. The van der Waals surface area contributed by atoms with Gasteiger partial charge in [-0.1, -0.05) is 18.2 Å². The first kappa shape index (κ1) is 17.0. The molecular weight excluding hydrogens is 370 g/mol. The number of hydrogen-bond acceptors (Lipinski definition) is 6. The van der Waals surface area contributed by atoms with Gasteiger partial charge in [0, 0.05) is 16.3 Å². The Morgan fingerprint density at radius 2 is 1.72 bits per heavy atom. The minimum absolute atomic E-state index is 0.0736. The van der Waals surface area contributed by atoms with Crippen LogP contribution < -0.4 is 0 Å². The van der Waals surface area contributed by atoms with E-state index in [0.717, 1.165) is 16.3 Å². The molecule has 1 N–H and O–H groups in total. The molecule has 0 saturated heterocycles. The maximum atomic E-state index is 12.2. The number of allylic oxidation sites excluding steroid dienone is 2. The van der Waals surface area contributed by atoms with E-state index < -0.39 is 5.97 Å². The van der Waals surface area contributed by atoms with Gasteiger partial charge in [0.05, 0.1) is 23.9 Å². The molecule has 5 rings (SSSR count). The third-order valence-corrected chi connectivity index (χ3v) is 4.91. The van der Waals surface area contributed by atoms with Crippen LogP contribution in [0.1, 0.15) is 31.3 Å². The molecule has 0 radical (unpaired) electrons. The lowest BCUT2D eigenvalue weighted by Gasteiger charge is -2.11. The number of nitrogens with zero attached hydrogens (tertiary/aromatic N) is 2. The zero-order valence-corrected chi connectivity index (χ0v) is 15.2. The Balaban J connectivity index is 1.83. The second-order valence-electron chi connectivity index (χ2n) is 6.60. The van der Waals surface area contributed by atoms with Crippen molar-refractivity contribution in [2.24, 2.45) is 0 Å². The highest BCUT2D eigenvalue weighted by atomic mass is 16.5. The van der Waals surface area contributed by atoms with E-state index in [0.29, 0.717) is 16.9 Å². The quantitative estimate of drug-likeness (QED) is 0.532. The van der Waals surface area contributed by atoms with E-state index in [1.165, 1.54) is 19.3 Å². The number of carbonyl (C=O) groups excluding carboxylic acids is 3. The van der Waals surface area contributed by atoms with Gasteiger partial charge < -0.3 is 9.72 Å². The summed E-state index contributed by atoms with van der Waals surface area (Å²) in [6.45, 7) is 0. The molecule has 0 atom stereocenters. The van der Waals surface area contributed by atoms with Gasteiger partial charge in [-0.15, -0.1) is 0 Å². The predicted octanol–water partition coefficient (Wildman–Crippen LogP) is 3.50. The van der Waals surface area contributed by atoms with Crippen molar-refractivity contribution < 1.29 is 19.1 Å². The summed E-state index contributed by atoms with van der Waals surface area (Å²) < 4.78 is 4.85. The summed E-state index contributed by atoms with van der Waals surface area (Å²) in [6, 6.07) is 12.5. The van der Waals surface area contributed by atoms with Crippen LogP contribution in [0.25, 0.3) is 33.2 Å². The van der Waals surface area contributed by atoms with Gasteiger partial charge in [0.15, 0.2) is 5.78 Å². The second-order valence-corrected chi connectivity index (χ2v) is 6.60. The number of pyridine rings is 2. The number of methoxy groups -OCH3 is 1. The molecule has 29 heavy (non-hydrogen) atoms. The zero-order chi connectivity index (χ0) is 20.1. The van der Waals surface area contributed by atoms with Gasteiger partial charge in [-0.05, 0) is 36.4 Å². The number of para-hydroxylation sites is 1. The molecule has 1 aliphatic carbocycles. The van der Waals surface area contributed by atoms with E-state index in [1.54, 1.807) is 18.2 Å². The number of aromatic amines is 1. The van der Waals surface area contributed by atoms with E-state index in [1.807, 2.05) is 24.3 Å². The first-order valence-electron chi connectivity index (χ1n) is 8.85. The summed E-state index contributed by atoms with van der Waals surface area (Å²) in [5, 5.41) is 1.70. The van der Waals surface area contributed by atoms with Crippen LogP contribution in [0.3, 0.4) is 0 Å². The Morgan fingerprint density at radius 1 is 0.931 bits per heavy atom. The monoisotopic (exact) mass is 383 g/mol. The molecule has 1 aromatic carbocycles. The molecule has 7 heteroatoms. The Morgan fingerprint density at radius 3 is 2.55 bits per heavy atom. The average Bonchev–Trinajstić information content (AvgIpc) is 3.13. The molecule has 3 aromatic heterocycles. The molecule has 0 spiro atoms. The normalized spacial score (nSPS) is 13.1. The lowest BCUT2D eigenvalue weighted by atomic mass is 9.99. The maximum absolute atomic E-state index is 12.2. The summed E-state index contributed by atoms with van der Waals surface area (Å²) >= 11 is 0. The number of carbonyl (C=O) groups is 3. The highest BCUT2D eigenvalue weighted by Crippen LogP contribution is 2.33. The molecule has 0 unspecified atom stereocenters. The highest BCUT2D eigenvalue weighted by molar-refractivity contribution is 6.21. The molecular formula is C22H13N3O4. The molecule has 0 bridgehead atoms. The van der Waals surface area contributed by atoms with Gasteiger partial charge in [0.1, 0.15) is 17.1 Å². The number of esters is 1. The van der Waals surface area contributed by atoms with Crippen LogP contribution in [-0.2, 0) is 4.74 Å². The molecule has 7 nitrogen and oxygen atoms in total. The fourth-order valence-electron chi connectivity index (χ4n) is 3.54. The molecule has 140 valence electrons. The summed E-state index contributed by atoms with van der Waals surface area (Å²) in [5.74, 6) is -1.20. The van der Waals surface area contributed by atoms with Crippen LogP contribution in [0.15, 0.2) is 54.6 Å². The number of aromatic nitrogens is 3. The second kappa shape index (κ2) is 6.20. The van der Waals surface area contributed by atoms with E-state index in [4.69, 9.17) is 4.74 Å². The first-order valence-corrected chi connectivity index (χ1v) is 8.85. The fourth-order valence-corrected chi connectivity index (χ4v) is 3.54. The number of nitrogens with one attached hydrogen (secondary N) is 1.